The summed E-state index contributed by atoms with van der Waals surface area (Å²) in [6.45, 7) is 0.411. The third-order valence-electron chi connectivity index (χ3n) is 2.46. The normalized spacial score (nSPS) is 19.7. The third-order valence-corrected chi connectivity index (χ3v) is 2.69. The van der Waals surface area contributed by atoms with Crippen LogP contribution in [0, 0.1) is 0 Å². The minimum Gasteiger partial charge on any atom is -0.310 e. The molecule has 0 N–H and O–H groups in total. The Hall–Kier alpha value is -1.64. The first-order valence-electron chi connectivity index (χ1n) is 4.83. The van der Waals surface area contributed by atoms with Crippen molar-refractivity contribution < 1.29 is 9.59 Å². The van der Waals surface area contributed by atoms with Gasteiger partial charge in [0.1, 0.15) is 0 Å². The Morgan fingerprint density at radius 2 is 2.31 bits per heavy atom. The van der Waals surface area contributed by atoms with E-state index in [1.54, 1.807) is 29.2 Å². The molecule has 1 atom stereocenters. The van der Waals surface area contributed by atoms with Crippen molar-refractivity contribution in [3.63, 3.8) is 0 Å². The zero-order valence-corrected chi connectivity index (χ0v) is 9.15. The maximum Gasteiger partial charge on any atom is 0.235 e. The van der Waals surface area contributed by atoms with Crippen molar-refractivity contribution in [1.82, 2.24) is 0 Å². The highest BCUT2D eigenvalue weighted by atomic mass is 35.5. The first kappa shape index (κ1) is 10.9. The van der Waals surface area contributed by atoms with Crippen LogP contribution in [0.3, 0.4) is 0 Å². The molecule has 0 unspecified atom stereocenters. The van der Waals surface area contributed by atoms with E-state index >= 15 is 0 Å². The first-order chi connectivity index (χ1) is 7.70. The number of halogens is 1. The van der Waals surface area contributed by atoms with Gasteiger partial charge in [0.15, 0.2) is 0 Å². The van der Waals surface area contributed by atoms with Crippen LogP contribution in [0.2, 0.25) is 5.02 Å². The molecule has 0 aromatic heterocycles. The van der Waals surface area contributed by atoms with E-state index in [1.807, 2.05) is 0 Å². The van der Waals surface area contributed by atoms with Crippen molar-refractivity contribution in [2.45, 2.75) is 12.5 Å². The van der Waals surface area contributed by atoms with Crippen LogP contribution in [0.5, 0.6) is 0 Å². The summed E-state index contributed by atoms with van der Waals surface area (Å²) < 4.78 is 0. The Balaban J connectivity index is 2.23. The molecule has 4 nitrogen and oxygen atoms in total. The number of isocyanates is 1. The van der Waals surface area contributed by atoms with Gasteiger partial charge in [-0.1, -0.05) is 17.7 Å². The second kappa shape index (κ2) is 4.47. The molecule has 1 aromatic rings. The van der Waals surface area contributed by atoms with E-state index in [1.165, 1.54) is 6.08 Å². The molecule has 16 heavy (non-hydrogen) atoms. The zero-order chi connectivity index (χ0) is 11.5. The monoisotopic (exact) mass is 236 g/mol. The van der Waals surface area contributed by atoms with Crippen molar-refractivity contribution in [3.05, 3.63) is 29.3 Å². The van der Waals surface area contributed by atoms with E-state index < -0.39 is 0 Å². The van der Waals surface area contributed by atoms with E-state index in [9.17, 15) is 9.59 Å². The molecule has 82 valence electrons. The number of carbonyl (C=O) groups excluding carboxylic acids is 2. The van der Waals surface area contributed by atoms with Crippen LogP contribution in [0.25, 0.3) is 0 Å². The molecule has 2 rings (SSSR count). The first-order valence-corrected chi connectivity index (χ1v) is 5.21. The lowest BCUT2D eigenvalue weighted by atomic mass is 10.3. The molecular formula is C11H9ClN2O2. The molecule has 1 amide bonds. The summed E-state index contributed by atoms with van der Waals surface area (Å²) in [4.78, 5) is 26.9. The Labute approximate surface area is 97.5 Å². The lowest BCUT2D eigenvalue weighted by molar-refractivity contribution is -0.117. The Bertz CT molecular complexity index is 469. The fourth-order valence-corrected chi connectivity index (χ4v) is 1.93. The van der Waals surface area contributed by atoms with E-state index in [0.717, 1.165) is 5.69 Å². The standard InChI is InChI=1S/C11H9ClN2O2/c12-8-2-1-3-10(4-8)14-6-9(13-7-15)5-11(14)16/h1-4,9H,5-6H2/t9-/m1/s1. The summed E-state index contributed by atoms with van der Waals surface area (Å²) in [5.41, 5.74) is 0.737. The summed E-state index contributed by atoms with van der Waals surface area (Å²) in [5.74, 6) is -0.0498. The minimum atomic E-state index is -0.288. The molecule has 1 aliphatic rings. The van der Waals surface area contributed by atoms with Crippen molar-refractivity contribution in [2.75, 3.05) is 11.4 Å². The van der Waals surface area contributed by atoms with Gasteiger partial charge >= 0.3 is 0 Å². The average molecular weight is 237 g/mol. The second-order valence-electron chi connectivity index (χ2n) is 3.56. The summed E-state index contributed by atoms with van der Waals surface area (Å²) in [6.07, 6.45) is 1.74. The van der Waals surface area contributed by atoms with Gasteiger partial charge < -0.3 is 4.90 Å². The highest BCUT2D eigenvalue weighted by molar-refractivity contribution is 6.30. The molecule has 1 fully saturated rings. The topological polar surface area (TPSA) is 49.7 Å². The molecule has 1 aliphatic heterocycles. The quantitative estimate of drug-likeness (QED) is 0.581. The maximum absolute atomic E-state index is 11.7. The van der Waals surface area contributed by atoms with Crippen LogP contribution in [-0.2, 0) is 9.59 Å². The van der Waals surface area contributed by atoms with Crippen LogP contribution >= 0.6 is 11.6 Å². The number of anilines is 1. The molecule has 0 aliphatic carbocycles. The Morgan fingerprint density at radius 3 is 3.00 bits per heavy atom. The highest BCUT2D eigenvalue weighted by Gasteiger charge is 2.30. The SMILES string of the molecule is O=C=N[C@@H]1CC(=O)N(c2cccc(Cl)c2)C1. The Kier molecular flexibility index (Phi) is 3.04. The number of aliphatic imine (C=N–C) groups is 1. The van der Waals surface area contributed by atoms with Crippen LogP contribution in [0.1, 0.15) is 6.42 Å². The molecule has 0 saturated carbocycles. The number of hydrogen-bond donors (Lipinski definition) is 0. The van der Waals surface area contributed by atoms with E-state index in [2.05, 4.69) is 4.99 Å². The van der Waals surface area contributed by atoms with E-state index in [4.69, 9.17) is 11.6 Å². The smallest absolute Gasteiger partial charge is 0.235 e. The van der Waals surface area contributed by atoms with Gasteiger partial charge in [0.2, 0.25) is 12.0 Å². The molecule has 0 radical (unpaired) electrons. The predicted molar refractivity (Wildman–Crippen MR) is 60.3 cm³/mol. The van der Waals surface area contributed by atoms with Gasteiger partial charge in [-0.3, -0.25) is 4.79 Å². The van der Waals surface area contributed by atoms with Gasteiger partial charge in [-0.15, -0.1) is 0 Å². The molecular weight excluding hydrogens is 228 g/mol. The highest BCUT2D eigenvalue weighted by Crippen LogP contribution is 2.25. The van der Waals surface area contributed by atoms with Crippen molar-refractivity contribution >= 4 is 29.3 Å². The van der Waals surface area contributed by atoms with Gasteiger partial charge in [-0.2, -0.15) is 0 Å². The van der Waals surface area contributed by atoms with Gasteiger partial charge in [0.25, 0.3) is 0 Å². The Morgan fingerprint density at radius 1 is 1.50 bits per heavy atom. The molecule has 0 bridgehead atoms. The summed E-state index contributed by atoms with van der Waals surface area (Å²) in [6, 6.07) is 6.75. The molecule has 0 spiro atoms. The van der Waals surface area contributed by atoms with Gasteiger partial charge in [0.05, 0.1) is 12.5 Å². The average Bonchev–Trinajstić information content (AvgIpc) is 2.60. The second-order valence-corrected chi connectivity index (χ2v) is 4.00. The summed E-state index contributed by atoms with van der Waals surface area (Å²) in [7, 11) is 0. The molecule has 1 saturated heterocycles. The molecule has 1 aromatic carbocycles. The maximum atomic E-state index is 11.7. The fourth-order valence-electron chi connectivity index (χ4n) is 1.74. The van der Waals surface area contributed by atoms with Crippen molar-refractivity contribution in [3.8, 4) is 0 Å². The fraction of sp³-hybridized carbons (Fsp3) is 0.273. The lowest BCUT2D eigenvalue weighted by Gasteiger charge is -2.15. The predicted octanol–water partition coefficient (Wildman–Crippen LogP) is 1.78. The van der Waals surface area contributed by atoms with E-state index in [0.29, 0.717) is 11.6 Å². The van der Waals surface area contributed by atoms with Crippen LogP contribution in [0.15, 0.2) is 29.3 Å². The van der Waals surface area contributed by atoms with Crippen LogP contribution < -0.4 is 4.90 Å². The molecule has 1 heterocycles. The summed E-state index contributed by atoms with van der Waals surface area (Å²) in [5, 5.41) is 0.577. The third kappa shape index (κ3) is 2.13. The number of nitrogens with zero attached hydrogens (tertiary/aromatic N) is 2. The molecule has 5 heteroatoms. The number of benzene rings is 1. The van der Waals surface area contributed by atoms with Crippen molar-refractivity contribution in [1.29, 1.82) is 0 Å². The van der Waals surface area contributed by atoms with Crippen molar-refractivity contribution in [2.24, 2.45) is 4.99 Å². The summed E-state index contributed by atoms with van der Waals surface area (Å²) >= 11 is 5.84. The van der Waals surface area contributed by atoms with Crippen LogP contribution in [0.4, 0.5) is 5.69 Å². The number of hydrogen-bond acceptors (Lipinski definition) is 3. The number of amides is 1. The van der Waals surface area contributed by atoms with E-state index in [-0.39, 0.29) is 18.4 Å². The van der Waals surface area contributed by atoms with Gasteiger partial charge in [-0.25, -0.2) is 9.79 Å². The van der Waals surface area contributed by atoms with Crippen LogP contribution in [-0.4, -0.2) is 24.6 Å². The van der Waals surface area contributed by atoms with Gasteiger partial charge in [-0.05, 0) is 18.2 Å². The number of carbonyl (C=O) groups is 1. The van der Waals surface area contributed by atoms with Gasteiger partial charge in [0, 0.05) is 17.3 Å². The lowest BCUT2D eigenvalue weighted by Crippen LogP contribution is -2.24. The number of rotatable bonds is 2. The largest absolute Gasteiger partial charge is 0.310 e. The zero-order valence-electron chi connectivity index (χ0n) is 8.39. The minimum absolute atomic E-state index is 0.0498.